The SMILES string of the molecule is C[S@@](=N)(=O)c1ccc(-c2nc3c4ccccc4nc(Nc4ccccnc4=O)n3n2)cc1. The van der Waals surface area contributed by atoms with Crippen LogP contribution in [-0.4, -0.2) is 35.0 Å². The number of nitrogens with one attached hydrogen (secondary N) is 2. The minimum atomic E-state index is -2.81. The van der Waals surface area contributed by atoms with Crippen LogP contribution in [-0.2, 0) is 9.73 Å². The van der Waals surface area contributed by atoms with E-state index in [-0.39, 0.29) is 5.69 Å². The summed E-state index contributed by atoms with van der Waals surface area (Å²) < 4.78 is 21.3. The molecule has 9 nitrogen and oxygen atoms in total. The fourth-order valence-electron chi connectivity index (χ4n) is 3.29. The Balaban J connectivity index is 1.70. The van der Waals surface area contributed by atoms with Crippen LogP contribution in [0.1, 0.15) is 0 Å². The molecule has 1 atom stereocenters. The second-order valence-corrected chi connectivity index (χ2v) is 9.32. The van der Waals surface area contributed by atoms with Crippen LogP contribution in [0.25, 0.3) is 27.9 Å². The van der Waals surface area contributed by atoms with Crippen LogP contribution in [0.3, 0.4) is 0 Å². The fourth-order valence-corrected chi connectivity index (χ4v) is 3.95. The lowest BCUT2D eigenvalue weighted by molar-refractivity contribution is 0.679. The average Bonchev–Trinajstić information content (AvgIpc) is 3.14. The van der Waals surface area contributed by atoms with Gasteiger partial charge in [-0.1, -0.05) is 18.2 Å². The highest BCUT2D eigenvalue weighted by Crippen LogP contribution is 2.25. The first-order valence-electron chi connectivity index (χ1n) is 9.62. The first-order valence-corrected chi connectivity index (χ1v) is 11.6. The Kier molecular flexibility index (Phi) is 4.63. The van der Waals surface area contributed by atoms with E-state index in [9.17, 15) is 9.00 Å². The van der Waals surface area contributed by atoms with E-state index < -0.39 is 15.3 Å². The summed E-state index contributed by atoms with van der Waals surface area (Å²) in [4.78, 5) is 25.9. The third kappa shape index (κ3) is 3.56. The molecule has 158 valence electrons. The quantitative estimate of drug-likeness (QED) is 0.435. The standard InChI is InChI=1S/C22H17N7O2S/c1-32(23,31)15-11-9-14(10-12-15)19-27-20-16-6-2-3-7-17(16)25-22(29(20)28-19)26-18-8-4-5-13-24-21(18)30/h2-13,23H,1H3,(H,24,25,26,30)/t32-/m1/s1. The lowest BCUT2D eigenvalue weighted by Crippen LogP contribution is -2.11. The van der Waals surface area contributed by atoms with Crippen LogP contribution in [0, 0.1) is 4.78 Å². The summed E-state index contributed by atoms with van der Waals surface area (Å²) in [6, 6.07) is 19.3. The van der Waals surface area contributed by atoms with Crippen molar-refractivity contribution in [1.82, 2.24) is 24.6 Å². The zero-order valence-corrected chi connectivity index (χ0v) is 17.7. The molecule has 0 unspecified atom stereocenters. The van der Waals surface area contributed by atoms with Crippen molar-refractivity contribution in [2.45, 2.75) is 4.90 Å². The van der Waals surface area contributed by atoms with E-state index in [2.05, 4.69) is 20.4 Å². The minimum Gasteiger partial charge on any atom is -0.319 e. The van der Waals surface area contributed by atoms with Gasteiger partial charge in [0.25, 0.3) is 5.56 Å². The van der Waals surface area contributed by atoms with Crippen LogP contribution in [0.15, 0.2) is 82.6 Å². The molecule has 10 heteroatoms. The number of nitrogens with zero attached hydrogens (tertiary/aromatic N) is 5. The Bertz CT molecular complexity index is 1650. The Morgan fingerprint density at radius 1 is 0.969 bits per heavy atom. The highest BCUT2D eigenvalue weighted by atomic mass is 32.2. The van der Waals surface area contributed by atoms with Gasteiger partial charge in [0.2, 0.25) is 5.95 Å². The van der Waals surface area contributed by atoms with Crippen LogP contribution in [0.4, 0.5) is 11.6 Å². The molecule has 0 radical (unpaired) electrons. The summed E-state index contributed by atoms with van der Waals surface area (Å²) in [5.41, 5.74) is 1.80. The maximum absolute atomic E-state index is 12.3. The maximum atomic E-state index is 12.3. The van der Waals surface area contributed by atoms with Gasteiger partial charge in [-0.3, -0.25) is 4.79 Å². The van der Waals surface area contributed by atoms with Crippen molar-refractivity contribution < 1.29 is 4.21 Å². The van der Waals surface area contributed by atoms with Gasteiger partial charge in [-0.15, -0.1) is 5.10 Å². The van der Waals surface area contributed by atoms with Crippen molar-refractivity contribution >= 4 is 37.9 Å². The summed E-state index contributed by atoms with van der Waals surface area (Å²) in [6.07, 6.45) is 2.81. The summed E-state index contributed by atoms with van der Waals surface area (Å²) in [5.74, 6) is 0.756. The number of hydrogen-bond acceptors (Lipinski definition) is 8. The second kappa shape index (κ2) is 7.50. The third-order valence-electron chi connectivity index (χ3n) is 4.87. The Labute approximate surface area is 182 Å². The molecular weight excluding hydrogens is 426 g/mol. The highest BCUT2D eigenvalue weighted by molar-refractivity contribution is 7.91. The van der Waals surface area contributed by atoms with Gasteiger partial charge in [-0.25, -0.2) is 23.9 Å². The number of hydrogen-bond donors (Lipinski definition) is 2. The molecule has 5 rings (SSSR count). The minimum absolute atomic E-state index is 0.258. The first kappa shape index (κ1) is 19.8. The molecule has 0 saturated heterocycles. The Morgan fingerprint density at radius 2 is 1.72 bits per heavy atom. The predicted octanol–water partition coefficient (Wildman–Crippen LogP) is 3.48. The highest BCUT2D eigenvalue weighted by Gasteiger charge is 2.16. The predicted molar refractivity (Wildman–Crippen MR) is 123 cm³/mol. The van der Waals surface area contributed by atoms with Crippen LogP contribution in [0.5, 0.6) is 0 Å². The summed E-state index contributed by atoms with van der Waals surface area (Å²) in [6.45, 7) is 0. The largest absolute Gasteiger partial charge is 0.319 e. The van der Waals surface area contributed by atoms with Crippen molar-refractivity contribution in [2.24, 2.45) is 0 Å². The number of fused-ring (bicyclic) bond motifs is 3. The number of rotatable bonds is 4. The van der Waals surface area contributed by atoms with E-state index in [0.717, 1.165) is 5.39 Å². The molecule has 3 heterocycles. The Morgan fingerprint density at radius 3 is 2.50 bits per heavy atom. The normalized spacial score (nSPS) is 13.2. The van der Waals surface area contributed by atoms with E-state index in [1.807, 2.05) is 24.3 Å². The summed E-state index contributed by atoms with van der Waals surface area (Å²) >= 11 is 0. The molecular formula is C22H17N7O2S. The van der Waals surface area contributed by atoms with Crippen LogP contribution >= 0.6 is 0 Å². The van der Waals surface area contributed by atoms with Gasteiger partial charge >= 0.3 is 0 Å². The molecule has 3 aromatic heterocycles. The van der Waals surface area contributed by atoms with Crippen molar-refractivity contribution in [3.8, 4) is 11.4 Å². The topological polar surface area (TPSA) is 126 Å². The molecule has 5 aromatic rings. The van der Waals surface area contributed by atoms with Crippen molar-refractivity contribution in [2.75, 3.05) is 11.6 Å². The van der Waals surface area contributed by atoms with E-state index in [0.29, 0.717) is 33.4 Å². The van der Waals surface area contributed by atoms with Gasteiger partial charge in [0.05, 0.1) is 15.2 Å². The number of anilines is 2. The van der Waals surface area contributed by atoms with Crippen molar-refractivity contribution in [1.29, 1.82) is 4.78 Å². The number of aromatic nitrogens is 5. The molecule has 2 aromatic carbocycles. The van der Waals surface area contributed by atoms with Crippen LogP contribution < -0.4 is 10.9 Å². The fraction of sp³-hybridized carbons (Fsp3) is 0.0455. The van der Waals surface area contributed by atoms with Gasteiger partial charge in [0, 0.05) is 28.3 Å². The molecule has 0 amide bonds. The zero-order chi connectivity index (χ0) is 22.3. The monoisotopic (exact) mass is 443 g/mol. The van der Waals surface area contributed by atoms with Gasteiger partial charge in [-0.05, 0) is 48.5 Å². The average molecular weight is 443 g/mol. The Hall–Kier alpha value is -4.18. The molecule has 0 spiro atoms. The van der Waals surface area contributed by atoms with Gasteiger partial charge in [0.15, 0.2) is 11.5 Å². The van der Waals surface area contributed by atoms with Crippen molar-refractivity contribution in [3.05, 3.63) is 83.3 Å². The second-order valence-electron chi connectivity index (χ2n) is 7.16. The van der Waals surface area contributed by atoms with Gasteiger partial charge < -0.3 is 5.32 Å². The maximum Gasteiger partial charge on any atom is 0.293 e. The zero-order valence-electron chi connectivity index (χ0n) is 16.9. The molecule has 0 aliphatic carbocycles. The van der Waals surface area contributed by atoms with Crippen molar-refractivity contribution in [3.63, 3.8) is 0 Å². The van der Waals surface area contributed by atoms with Gasteiger partial charge in [-0.2, -0.15) is 4.52 Å². The molecule has 0 bridgehead atoms. The van der Waals surface area contributed by atoms with E-state index in [1.165, 1.54) is 12.5 Å². The lowest BCUT2D eigenvalue weighted by atomic mass is 10.2. The third-order valence-corrected chi connectivity index (χ3v) is 6.04. The molecule has 0 aliphatic rings. The number of para-hydroxylation sites is 1. The summed E-state index contributed by atoms with van der Waals surface area (Å²) in [5, 5.41) is 8.44. The van der Waals surface area contributed by atoms with E-state index in [4.69, 9.17) is 9.76 Å². The van der Waals surface area contributed by atoms with Crippen LogP contribution in [0.2, 0.25) is 0 Å². The molecule has 0 aliphatic heterocycles. The smallest absolute Gasteiger partial charge is 0.293 e. The van der Waals surface area contributed by atoms with E-state index in [1.54, 1.807) is 47.0 Å². The van der Waals surface area contributed by atoms with E-state index >= 15 is 0 Å². The number of benzene rings is 2. The molecule has 0 fully saturated rings. The molecule has 2 N–H and O–H groups in total. The molecule has 32 heavy (non-hydrogen) atoms. The lowest BCUT2D eigenvalue weighted by Gasteiger charge is -2.07. The first-order chi connectivity index (χ1) is 15.4. The molecule has 0 saturated carbocycles. The van der Waals surface area contributed by atoms with Gasteiger partial charge in [0.1, 0.15) is 5.69 Å². The summed E-state index contributed by atoms with van der Waals surface area (Å²) in [7, 11) is -2.81.